The lowest BCUT2D eigenvalue weighted by molar-refractivity contribution is 0.102. The molecule has 4 aromatic rings. The first-order valence-electron chi connectivity index (χ1n) is 10.4. The lowest BCUT2D eigenvalue weighted by Gasteiger charge is -2.13. The Bertz CT molecular complexity index is 1510. The minimum atomic E-state index is -3.50. The van der Waals surface area contributed by atoms with Crippen LogP contribution in [0.25, 0.3) is 22.2 Å². The molecule has 170 valence electrons. The number of nitrogens with one attached hydrogen (secondary N) is 1. The third-order valence-electron chi connectivity index (χ3n) is 5.68. The van der Waals surface area contributed by atoms with Crippen LogP contribution in [-0.4, -0.2) is 39.9 Å². The third-order valence-corrected chi connectivity index (χ3v) is 7.41. The van der Waals surface area contributed by atoms with Gasteiger partial charge in [0.05, 0.1) is 38.8 Å². The molecule has 0 saturated heterocycles. The molecule has 2 heterocycles. The van der Waals surface area contributed by atoms with Crippen molar-refractivity contribution in [3.63, 3.8) is 0 Å². The number of phenolic OH excluding ortho intramolecular Hbond substituents is 1. The van der Waals surface area contributed by atoms with Crippen molar-refractivity contribution in [1.29, 1.82) is 0 Å². The number of hydrogen-bond acceptors (Lipinski definition) is 6. The number of fused-ring (bicyclic) bond motifs is 1. The molecular formula is C24H24N4O4S. The van der Waals surface area contributed by atoms with Crippen molar-refractivity contribution in [2.45, 2.75) is 25.7 Å². The van der Waals surface area contributed by atoms with Crippen molar-refractivity contribution < 1.29 is 18.3 Å². The lowest BCUT2D eigenvalue weighted by Crippen LogP contribution is -2.14. The number of carbonyl (C=O) groups is 1. The van der Waals surface area contributed by atoms with Crippen LogP contribution in [-0.2, 0) is 16.9 Å². The molecule has 4 rings (SSSR count). The number of sulfone groups is 1. The molecule has 0 fully saturated rings. The van der Waals surface area contributed by atoms with E-state index in [2.05, 4.69) is 10.4 Å². The van der Waals surface area contributed by atoms with Gasteiger partial charge in [-0.1, -0.05) is 25.1 Å². The van der Waals surface area contributed by atoms with Gasteiger partial charge in [-0.3, -0.25) is 9.48 Å². The van der Waals surface area contributed by atoms with Crippen LogP contribution < -0.4 is 5.32 Å². The molecule has 8 nitrogen and oxygen atoms in total. The number of rotatable bonds is 5. The van der Waals surface area contributed by atoms with Gasteiger partial charge in [-0.15, -0.1) is 0 Å². The average molecular weight is 465 g/mol. The number of nitrogens with zero attached hydrogens (tertiary/aromatic N) is 3. The molecule has 33 heavy (non-hydrogen) atoms. The number of phenols is 1. The molecule has 0 saturated carbocycles. The Morgan fingerprint density at radius 3 is 2.52 bits per heavy atom. The first-order chi connectivity index (χ1) is 15.6. The summed E-state index contributed by atoms with van der Waals surface area (Å²) >= 11 is 0. The molecule has 0 radical (unpaired) electrons. The predicted octanol–water partition coefficient (Wildman–Crippen LogP) is 4.00. The molecule has 2 aromatic heterocycles. The van der Waals surface area contributed by atoms with Crippen molar-refractivity contribution in [2.75, 3.05) is 11.1 Å². The fourth-order valence-corrected chi connectivity index (χ4v) is 4.71. The third kappa shape index (κ3) is 4.07. The second-order valence-electron chi connectivity index (χ2n) is 7.78. The molecule has 0 bridgehead atoms. The van der Waals surface area contributed by atoms with Crippen LogP contribution in [0.3, 0.4) is 0 Å². The summed E-state index contributed by atoms with van der Waals surface area (Å²) in [6.45, 7) is 5.35. The maximum atomic E-state index is 13.3. The van der Waals surface area contributed by atoms with E-state index in [1.807, 2.05) is 39.1 Å². The van der Waals surface area contributed by atoms with Crippen molar-refractivity contribution >= 4 is 32.3 Å². The summed E-state index contributed by atoms with van der Waals surface area (Å²) in [5, 5.41) is 18.0. The van der Waals surface area contributed by atoms with Crippen LogP contribution >= 0.6 is 0 Å². The van der Waals surface area contributed by atoms with Gasteiger partial charge in [0.2, 0.25) is 0 Å². The van der Waals surface area contributed by atoms with Gasteiger partial charge < -0.3 is 10.4 Å². The van der Waals surface area contributed by atoms with E-state index in [1.54, 1.807) is 16.8 Å². The second kappa shape index (κ2) is 8.32. The van der Waals surface area contributed by atoms with Gasteiger partial charge in [-0.2, -0.15) is 5.10 Å². The van der Waals surface area contributed by atoms with Crippen molar-refractivity contribution in [3.05, 3.63) is 65.5 Å². The summed E-state index contributed by atoms with van der Waals surface area (Å²) in [4.78, 5) is 18.1. The van der Waals surface area contributed by atoms with Gasteiger partial charge in [0.15, 0.2) is 9.84 Å². The highest BCUT2D eigenvalue weighted by Gasteiger charge is 2.20. The fraction of sp³-hybridized carbons (Fsp3) is 0.208. The number of benzene rings is 2. The Kier molecular flexibility index (Phi) is 5.67. The normalized spacial score (nSPS) is 11.6. The molecule has 1 amide bonds. The number of amides is 1. The summed E-state index contributed by atoms with van der Waals surface area (Å²) < 4.78 is 26.3. The Hall–Kier alpha value is -3.72. The number of aromatic hydroxyl groups is 1. The predicted molar refractivity (Wildman–Crippen MR) is 127 cm³/mol. The van der Waals surface area contributed by atoms with Crippen LogP contribution in [0.4, 0.5) is 5.69 Å². The Labute approximate surface area is 191 Å². The van der Waals surface area contributed by atoms with Gasteiger partial charge in [0.25, 0.3) is 5.91 Å². The number of para-hydroxylation sites is 1. The van der Waals surface area contributed by atoms with Crippen molar-refractivity contribution in [1.82, 2.24) is 14.8 Å². The van der Waals surface area contributed by atoms with E-state index in [4.69, 9.17) is 4.98 Å². The highest BCUT2D eigenvalue weighted by Crippen LogP contribution is 2.31. The molecule has 0 aliphatic rings. The number of aryl methyl sites for hydroxylation is 2. The molecule has 0 spiro atoms. The van der Waals surface area contributed by atoms with E-state index < -0.39 is 15.7 Å². The molecule has 0 aliphatic heterocycles. The zero-order valence-corrected chi connectivity index (χ0v) is 19.6. The first-order valence-corrected chi connectivity index (χ1v) is 12.0. The van der Waals surface area contributed by atoms with Crippen LogP contribution in [0, 0.1) is 13.8 Å². The number of hydrogen-bond donors (Lipinski definition) is 2. The maximum Gasteiger partial charge on any atom is 0.256 e. The maximum absolute atomic E-state index is 13.3. The number of pyridine rings is 1. The topological polar surface area (TPSA) is 114 Å². The Balaban J connectivity index is 1.83. The first kappa shape index (κ1) is 22.5. The van der Waals surface area contributed by atoms with Crippen LogP contribution in [0.1, 0.15) is 28.7 Å². The smallest absolute Gasteiger partial charge is 0.256 e. The number of aromatic nitrogens is 3. The van der Waals surface area contributed by atoms with Gasteiger partial charge >= 0.3 is 0 Å². The summed E-state index contributed by atoms with van der Waals surface area (Å²) in [5.41, 5.74) is 4.15. The van der Waals surface area contributed by atoms with Crippen molar-refractivity contribution in [3.8, 4) is 17.0 Å². The monoisotopic (exact) mass is 464 g/mol. The van der Waals surface area contributed by atoms with E-state index in [1.165, 1.54) is 25.1 Å². The second-order valence-corrected chi connectivity index (χ2v) is 10.1. The molecule has 0 aliphatic carbocycles. The molecular weight excluding hydrogens is 440 g/mol. The van der Waals surface area contributed by atoms with Crippen LogP contribution in [0.5, 0.6) is 5.75 Å². The summed E-state index contributed by atoms with van der Waals surface area (Å²) in [7, 11) is -1.66. The standard InChI is InChI=1S/C24H24N4O4S/c1-5-33(31,32)16-10-11-22(29)20(12-16)26-24(30)18-13-21(23-14(2)27-28(4)15(23)3)25-19-9-7-6-8-17(18)19/h6-13,29H,5H2,1-4H3,(H,26,30). The lowest BCUT2D eigenvalue weighted by atomic mass is 10.0. The molecule has 9 heteroatoms. The zero-order chi connectivity index (χ0) is 23.9. The molecule has 2 aromatic carbocycles. The quantitative estimate of drug-likeness (QED) is 0.432. The van der Waals surface area contributed by atoms with E-state index in [0.717, 1.165) is 17.0 Å². The van der Waals surface area contributed by atoms with E-state index in [9.17, 15) is 18.3 Å². The van der Waals surface area contributed by atoms with E-state index >= 15 is 0 Å². The molecule has 2 N–H and O–H groups in total. The van der Waals surface area contributed by atoms with E-state index in [0.29, 0.717) is 22.2 Å². The highest BCUT2D eigenvalue weighted by molar-refractivity contribution is 7.91. The van der Waals surface area contributed by atoms with Gasteiger partial charge in [-0.05, 0) is 44.2 Å². The SMILES string of the molecule is CCS(=O)(=O)c1ccc(O)c(NC(=O)c2cc(-c3c(C)nn(C)c3C)nc3ccccc23)c1. The molecule has 0 atom stereocenters. The minimum absolute atomic E-state index is 0.0192. The number of anilines is 1. The van der Waals surface area contributed by atoms with Crippen molar-refractivity contribution in [2.24, 2.45) is 7.05 Å². The van der Waals surface area contributed by atoms with Crippen LogP contribution in [0.2, 0.25) is 0 Å². The summed E-state index contributed by atoms with van der Waals surface area (Å²) in [6, 6.07) is 12.8. The Morgan fingerprint density at radius 1 is 1.12 bits per heavy atom. The fourth-order valence-electron chi connectivity index (χ4n) is 3.80. The van der Waals surface area contributed by atoms with Gasteiger partial charge in [-0.25, -0.2) is 13.4 Å². The minimum Gasteiger partial charge on any atom is -0.506 e. The molecule has 0 unspecified atom stereocenters. The largest absolute Gasteiger partial charge is 0.506 e. The highest BCUT2D eigenvalue weighted by atomic mass is 32.2. The van der Waals surface area contributed by atoms with Gasteiger partial charge in [0, 0.05) is 23.7 Å². The zero-order valence-electron chi connectivity index (χ0n) is 18.7. The van der Waals surface area contributed by atoms with Crippen LogP contribution in [0.15, 0.2) is 53.4 Å². The van der Waals surface area contributed by atoms with Gasteiger partial charge in [0.1, 0.15) is 5.75 Å². The summed E-state index contributed by atoms with van der Waals surface area (Å²) in [5.74, 6) is -0.806. The number of carbonyl (C=O) groups excluding carboxylic acids is 1. The summed E-state index contributed by atoms with van der Waals surface area (Å²) in [6.07, 6.45) is 0. The van der Waals surface area contributed by atoms with E-state index in [-0.39, 0.29) is 22.1 Å². The average Bonchev–Trinajstić information content (AvgIpc) is 3.05. The Morgan fingerprint density at radius 2 is 1.85 bits per heavy atom.